The van der Waals surface area contributed by atoms with Gasteiger partial charge in [-0.2, -0.15) is 0 Å². The van der Waals surface area contributed by atoms with Gasteiger partial charge in [-0.1, -0.05) is 6.07 Å². The standard InChI is InChI=1S/C21H19N3O5S/c1-14-9-15(2)11-18(10-14)23-30(28,29)20-6-3-17(4-7-20)22-13-16-12-19(24(26)27)5-8-21(16)25/h3-13,23,25H,1-2H3. The summed E-state index contributed by atoms with van der Waals surface area (Å²) in [7, 11) is -3.77. The Balaban J connectivity index is 1.80. The van der Waals surface area contributed by atoms with Gasteiger partial charge in [0, 0.05) is 29.6 Å². The molecule has 0 aromatic heterocycles. The fourth-order valence-corrected chi connectivity index (χ4v) is 3.90. The zero-order valence-electron chi connectivity index (χ0n) is 16.2. The van der Waals surface area contributed by atoms with Crippen molar-refractivity contribution in [2.45, 2.75) is 18.7 Å². The lowest BCUT2D eigenvalue weighted by molar-refractivity contribution is -0.384. The van der Waals surface area contributed by atoms with E-state index in [9.17, 15) is 23.6 Å². The third-order valence-corrected chi connectivity index (χ3v) is 5.59. The molecule has 3 aromatic rings. The van der Waals surface area contributed by atoms with E-state index in [4.69, 9.17) is 0 Å². The minimum atomic E-state index is -3.77. The number of aromatic hydroxyl groups is 1. The summed E-state index contributed by atoms with van der Waals surface area (Å²) in [6.45, 7) is 3.77. The fraction of sp³-hybridized carbons (Fsp3) is 0.0952. The van der Waals surface area contributed by atoms with Crippen molar-refractivity contribution in [3.05, 3.63) is 87.5 Å². The molecule has 0 unspecified atom stereocenters. The molecule has 0 heterocycles. The number of phenolic OH excluding ortho intramolecular Hbond substituents is 1. The first-order valence-corrected chi connectivity index (χ1v) is 10.3. The van der Waals surface area contributed by atoms with Crippen molar-refractivity contribution in [1.82, 2.24) is 0 Å². The molecule has 0 aliphatic heterocycles. The molecule has 2 N–H and O–H groups in total. The summed E-state index contributed by atoms with van der Waals surface area (Å²) in [6.07, 6.45) is 1.28. The Morgan fingerprint density at radius 2 is 1.63 bits per heavy atom. The lowest BCUT2D eigenvalue weighted by Crippen LogP contribution is -2.13. The second-order valence-electron chi connectivity index (χ2n) is 6.73. The first kappa shape index (κ1) is 21.0. The number of rotatable bonds is 6. The zero-order valence-corrected chi connectivity index (χ0v) is 17.1. The molecule has 0 atom stereocenters. The van der Waals surface area contributed by atoms with Crippen LogP contribution in [0.2, 0.25) is 0 Å². The molecule has 0 aliphatic rings. The Morgan fingerprint density at radius 1 is 1.00 bits per heavy atom. The predicted octanol–water partition coefficient (Wildman–Crippen LogP) is 4.47. The van der Waals surface area contributed by atoms with E-state index in [1.807, 2.05) is 19.9 Å². The Bertz CT molecular complexity index is 1220. The van der Waals surface area contributed by atoms with E-state index >= 15 is 0 Å². The van der Waals surface area contributed by atoms with E-state index in [-0.39, 0.29) is 21.9 Å². The first-order valence-electron chi connectivity index (χ1n) is 8.87. The summed E-state index contributed by atoms with van der Waals surface area (Å²) in [5.41, 5.74) is 2.80. The Hall–Kier alpha value is -3.72. The molecule has 0 aliphatic carbocycles. The van der Waals surface area contributed by atoms with E-state index in [1.165, 1.54) is 48.7 Å². The molecule has 0 bridgehead atoms. The van der Waals surface area contributed by atoms with Crippen molar-refractivity contribution in [3.8, 4) is 5.75 Å². The van der Waals surface area contributed by atoms with Gasteiger partial charge in [-0.05, 0) is 67.4 Å². The van der Waals surface area contributed by atoms with Crippen LogP contribution >= 0.6 is 0 Å². The second-order valence-corrected chi connectivity index (χ2v) is 8.42. The average molecular weight is 425 g/mol. The van der Waals surface area contributed by atoms with Crippen molar-refractivity contribution >= 4 is 33.3 Å². The Morgan fingerprint density at radius 3 is 2.23 bits per heavy atom. The number of aryl methyl sites for hydroxylation is 2. The number of nitro benzene ring substituents is 1. The molecule has 0 spiro atoms. The van der Waals surface area contributed by atoms with Crippen LogP contribution in [0.5, 0.6) is 5.75 Å². The SMILES string of the molecule is Cc1cc(C)cc(NS(=O)(=O)c2ccc(N=Cc3cc([N+](=O)[O-])ccc3O)cc2)c1. The highest BCUT2D eigenvalue weighted by Crippen LogP contribution is 2.24. The van der Waals surface area contributed by atoms with Crippen LogP contribution in [0.1, 0.15) is 16.7 Å². The third-order valence-electron chi connectivity index (χ3n) is 4.20. The molecule has 0 saturated carbocycles. The lowest BCUT2D eigenvalue weighted by atomic mass is 10.1. The largest absolute Gasteiger partial charge is 0.507 e. The highest BCUT2D eigenvalue weighted by molar-refractivity contribution is 7.92. The smallest absolute Gasteiger partial charge is 0.270 e. The normalized spacial score (nSPS) is 11.5. The van der Waals surface area contributed by atoms with Crippen molar-refractivity contribution in [2.75, 3.05) is 4.72 Å². The van der Waals surface area contributed by atoms with Crippen LogP contribution in [0.15, 0.2) is 70.6 Å². The molecule has 3 rings (SSSR count). The maximum Gasteiger partial charge on any atom is 0.270 e. The quantitative estimate of drug-likeness (QED) is 0.343. The van der Waals surface area contributed by atoms with Crippen LogP contribution in [0.3, 0.4) is 0 Å². The van der Waals surface area contributed by atoms with Crippen molar-refractivity contribution in [1.29, 1.82) is 0 Å². The number of nitrogens with zero attached hydrogens (tertiary/aromatic N) is 2. The van der Waals surface area contributed by atoms with Gasteiger partial charge in [0.25, 0.3) is 15.7 Å². The van der Waals surface area contributed by atoms with Gasteiger partial charge < -0.3 is 5.11 Å². The highest BCUT2D eigenvalue weighted by atomic mass is 32.2. The van der Waals surface area contributed by atoms with Gasteiger partial charge in [-0.3, -0.25) is 19.8 Å². The first-order chi connectivity index (χ1) is 14.1. The minimum absolute atomic E-state index is 0.0683. The highest BCUT2D eigenvalue weighted by Gasteiger charge is 2.14. The molecule has 8 nitrogen and oxygen atoms in total. The number of nitro groups is 1. The number of sulfonamides is 1. The Kier molecular flexibility index (Phi) is 5.84. The van der Waals surface area contributed by atoms with Gasteiger partial charge in [0.2, 0.25) is 0 Å². The number of benzene rings is 3. The molecular weight excluding hydrogens is 406 g/mol. The summed E-state index contributed by atoms with van der Waals surface area (Å²) >= 11 is 0. The van der Waals surface area contributed by atoms with E-state index < -0.39 is 14.9 Å². The number of non-ortho nitro benzene ring substituents is 1. The van der Waals surface area contributed by atoms with E-state index in [0.29, 0.717) is 11.4 Å². The molecule has 30 heavy (non-hydrogen) atoms. The summed E-state index contributed by atoms with van der Waals surface area (Å²) in [5.74, 6) is -0.152. The summed E-state index contributed by atoms with van der Waals surface area (Å²) in [4.78, 5) is 14.5. The van der Waals surface area contributed by atoms with Gasteiger partial charge in [-0.15, -0.1) is 0 Å². The summed E-state index contributed by atoms with van der Waals surface area (Å²) in [5, 5.41) is 20.7. The number of hydrogen-bond acceptors (Lipinski definition) is 6. The lowest BCUT2D eigenvalue weighted by Gasteiger charge is -2.10. The van der Waals surface area contributed by atoms with Gasteiger partial charge in [0.1, 0.15) is 5.75 Å². The molecular formula is C21H19N3O5S. The zero-order chi connectivity index (χ0) is 21.9. The van der Waals surface area contributed by atoms with Crippen molar-refractivity contribution < 1.29 is 18.4 Å². The predicted molar refractivity (Wildman–Crippen MR) is 115 cm³/mol. The van der Waals surface area contributed by atoms with Gasteiger partial charge in [0.15, 0.2) is 0 Å². The molecule has 0 saturated heterocycles. The van der Waals surface area contributed by atoms with E-state index in [1.54, 1.807) is 12.1 Å². The average Bonchev–Trinajstić information content (AvgIpc) is 2.66. The van der Waals surface area contributed by atoms with Crippen LogP contribution in [0.4, 0.5) is 17.1 Å². The van der Waals surface area contributed by atoms with Crippen LogP contribution in [0.25, 0.3) is 0 Å². The second kappa shape index (κ2) is 8.34. The van der Waals surface area contributed by atoms with Gasteiger partial charge >= 0.3 is 0 Å². The monoisotopic (exact) mass is 425 g/mol. The number of hydrogen-bond donors (Lipinski definition) is 2. The number of aliphatic imine (C=N–C) groups is 1. The minimum Gasteiger partial charge on any atom is -0.507 e. The van der Waals surface area contributed by atoms with Crippen LogP contribution in [-0.4, -0.2) is 24.7 Å². The topological polar surface area (TPSA) is 122 Å². The molecule has 9 heteroatoms. The van der Waals surface area contributed by atoms with Gasteiger partial charge in [-0.25, -0.2) is 8.42 Å². The fourth-order valence-electron chi connectivity index (χ4n) is 2.86. The number of nitrogens with one attached hydrogen (secondary N) is 1. The summed E-state index contributed by atoms with van der Waals surface area (Å²) in [6, 6.07) is 14.9. The molecule has 0 amide bonds. The van der Waals surface area contributed by atoms with Crippen LogP contribution < -0.4 is 4.72 Å². The molecule has 0 fully saturated rings. The maximum atomic E-state index is 12.6. The Labute approximate surface area is 173 Å². The van der Waals surface area contributed by atoms with Crippen LogP contribution in [0, 0.1) is 24.0 Å². The summed E-state index contributed by atoms with van der Waals surface area (Å²) < 4.78 is 27.8. The van der Waals surface area contributed by atoms with E-state index in [2.05, 4.69) is 9.71 Å². The third kappa shape index (κ3) is 5.00. The molecule has 154 valence electrons. The molecule has 3 aromatic carbocycles. The van der Waals surface area contributed by atoms with Gasteiger partial charge in [0.05, 0.1) is 15.5 Å². The van der Waals surface area contributed by atoms with Crippen molar-refractivity contribution in [3.63, 3.8) is 0 Å². The maximum absolute atomic E-state index is 12.6. The van der Waals surface area contributed by atoms with E-state index in [0.717, 1.165) is 11.1 Å². The van der Waals surface area contributed by atoms with Crippen LogP contribution in [-0.2, 0) is 10.0 Å². The number of anilines is 1. The van der Waals surface area contributed by atoms with Crippen molar-refractivity contribution in [2.24, 2.45) is 4.99 Å². The number of phenols is 1. The molecule has 0 radical (unpaired) electrons.